The van der Waals surface area contributed by atoms with Gasteiger partial charge in [0, 0.05) is 35.8 Å². The van der Waals surface area contributed by atoms with E-state index < -0.39 is 0 Å². The van der Waals surface area contributed by atoms with Crippen LogP contribution >= 0.6 is 0 Å². The molecule has 0 aliphatic rings. The molecule has 0 atom stereocenters. The highest BCUT2D eigenvalue weighted by atomic mass is 16.5. The van der Waals surface area contributed by atoms with Gasteiger partial charge in [0.05, 0.1) is 27.9 Å². The van der Waals surface area contributed by atoms with Gasteiger partial charge in [0.25, 0.3) is 5.91 Å². The minimum atomic E-state index is -0.186. The third kappa shape index (κ3) is 4.40. The van der Waals surface area contributed by atoms with Gasteiger partial charge in [-0.3, -0.25) is 9.78 Å². The Balaban J connectivity index is 2.03. The molecule has 0 saturated carbocycles. The van der Waals surface area contributed by atoms with E-state index >= 15 is 0 Å². The Bertz CT molecular complexity index is 922. The minimum absolute atomic E-state index is 0.186. The predicted octanol–water partition coefficient (Wildman–Crippen LogP) is 3.95. The lowest BCUT2D eigenvalue weighted by Gasteiger charge is -2.24. The molecule has 0 fully saturated rings. The van der Waals surface area contributed by atoms with Crippen LogP contribution in [0, 0.1) is 0 Å². The molecule has 0 spiro atoms. The van der Waals surface area contributed by atoms with Crippen molar-refractivity contribution in [3.05, 3.63) is 78.1 Å². The summed E-state index contributed by atoms with van der Waals surface area (Å²) in [6.07, 6.45) is 3.45. The molecule has 0 N–H and O–H groups in total. The van der Waals surface area contributed by atoms with Gasteiger partial charge in [0.15, 0.2) is 0 Å². The fourth-order valence-corrected chi connectivity index (χ4v) is 2.82. The molecule has 28 heavy (non-hydrogen) atoms. The largest absolute Gasteiger partial charge is 0.497 e. The van der Waals surface area contributed by atoms with Gasteiger partial charge in [-0.15, -0.1) is 0 Å². The van der Waals surface area contributed by atoms with Crippen molar-refractivity contribution < 1.29 is 19.0 Å². The van der Waals surface area contributed by atoms with Gasteiger partial charge in [0.2, 0.25) is 0 Å². The summed E-state index contributed by atoms with van der Waals surface area (Å²) in [7, 11) is 4.70. The fraction of sp³-hybridized carbons (Fsp3) is 0.182. The van der Waals surface area contributed by atoms with Crippen molar-refractivity contribution in [2.75, 3.05) is 26.2 Å². The second kappa shape index (κ2) is 8.90. The van der Waals surface area contributed by atoms with Gasteiger partial charge >= 0.3 is 0 Å². The Morgan fingerprint density at radius 3 is 2.21 bits per heavy atom. The number of anilines is 1. The molecule has 6 heteroatoms. The molecule has 3 rings (SSSR count). The average molecular weight is 378 g/mol. The summed E-state index contributed by atoms with van der Waals surface area (Å²) in [4.78, 5) is 19.3. The first-order chi connectivity index (χ1) is 13.6. The van der Waals surface area contributed by atoms with Crippen LogP contribution in [0.15, 0.2) is 67.0 Å². The molecule has 0 bridgehead atoms. The SMILES string of the molecule is COc1cc(OC)cc(C(=O)N(Cc2cccnc2)c2cccc(OC)c2)c1. The van der Waals surface area contributed by atoms with Gasteiger partial charge in [-0.05, 0) is 35.9 Å². The Hall–Kier alpha value is -3.54. The highest BCUT2D eigenvalue weighted by Gasteiger charge is 2.20. The molecule has 1 heterocycles. The lowest BCUT2D eigenvalue weighted by Crippen LogP contribution is -2.30. The summed E-state index contributed by atoms with van der Waals surface area (Å²) >= 11 is 0. The Kier molecular flexibility index (Phi) is 6.11. The average Bonchev–Trinajstić information content (AvgIpc) is 2.77. The van der Waals surface area contributed by atoms with Gasteiger partial charge < -0.3 is 19.1 Å². The van der Waals surface area contributed by atoms with Crippen molar-refractivity contribution in [1.29, 1.82) is 0 Å². The van der Waals surface area contributed by atoms with E-state index in [0.717, 1.165) is 11.3 Å². The molecular weight excluding hydrogens is 356 g/mol. The summed E-state index contributed by atoms with van der Waals surface area (Å²) in [5.41, 5.74) is 2.09. The zero-order valence-corrected chi connectivity index (χ0v) is 16.1. The number of hydrogen-bond donors (Lipinski definition) is 0. The quantitative estimate of drug-likeness (QED) is 0.623. The van der Waals surface area contributed by atoms with Crippen molar-refractivity contribution in [1.82, 2.24) is 4.98 Å². The molecule has 144 valence electrons. The number of methoxy groups -OCH3 is 3. The van der Waals surface area contributed by atoms with Crippen molar-refractivity contribution in [3.63, 3.8) is 0 Å². The summed E-state index contributed by atoms with van der Waals surface area (Å²) in [5, 5.41) is 0. The van der Waals surface area contributed by atoms with Crippen LogP contribution < -0.4 is 19.1 Å². The molecule has 0 unspecified atom stereocenters. The number of hydrogen-bond acceptors (Lipinski definition) is 5. The van der Waals surface area contributed by atoms with Gasteiger partial charge in [-0.1, -0.05) is 12.1 Å². The van der Waals surface area contributed by atoms with Crippen molar-refractivity contribution in [3.8, 4) is 17.2 Å². The minimum Gasteiger partial charge on any atom is -0.497 e. The molecule has 6 nitrogen and oxygen atoms in total. The van der Waals surface area contributed by atoms with E-state index in [1.807, 2.05) is 36.4 Å². The highest BCUT2D eigenvalue weighted by molar-refractivity contribution is 6.06. The number of aromatic nitrogens is 1. The highest BCUT2D eigenvalue weighted by Crippen LogP contribution is 2.28. The third-order valence-corrected chi connectivity index (χ3v) is 4.27. The number of pyridine rings is 1. The smallest absolute Gasteiger partial charge is 0.258 e. The van der Waals surface area contributed by atoms with E-state index in [-0.39, 0.29) is 5.91 Å². The normalized spacial score (nSPS) is 10.2. The predicted molar refractivity (Wildman–Crippen MR) is 107 cm³/mol. The number of amides is 1. The fourth-order valence-electron chi connectivity index (χ4n) is 2.82. The molecule has 0 radical (unpaired) electrons. The Morgan fingerprint density at radius 2 is 1.61 bits per heavy atom. The van der Waals surface area contributed by atoms with Gasteiger partial charge in [0.1, 0.15) is 17.2 Å². The maximum Gasteiger partial charge on any atom is 0.258 e. The molecule has 1 amide bonds. The van der Waals surface area contributed by atoms with Crippen molar-refractivity contribution in [2.24, 2.45) is 0 Å². The van der Waals surface area contributed by atoms with Crippen LogP contribution in [0.2, 0.25) is 0 Å². The molecule has 2 aromatic carbocycles. The molecule has 0 aliphatic carbocycles. The van der Waals surface area contributed by atoms with Crippen molar-refractivity contribution in [2.45, 2.75) is 6.54 Å². The number of carbonyl (C=O) groups excluding carboxylic acids is 1. The Morgan fingerprint density at radius 1 is 0.893 bits per heavy atom. The van der Waals surface area contributed by atoms with Crippen molar-refractivity contribution >= 4 is 11.6 Å². The maximum atomic E-state index is 13.4. The van der Waals surface area contributed by atoms with E-state index in [9.17, 15) is 4.79 Å². The summed E-state index contributed by atoms with van der Waals surface area (Å²) < 4.78 is 15.9. The second-order valence-corrected chi connectivity index (χ2v) is 6.06. The third-order valence-electron chi connectivity index (χ3n) is 4.27. The topological polar surface area (TPSA) is 60.9 Å². The van der Waals surface area contributed by atoms with Crippen LogP contribution in [0.25, 0.3) is 0 Å². The van der Waals surface area contributed by atoms with Gasteiger partial charge in [-0.2, -0.15) is 0 Å². The Labute approximate surface area is 164 Å². The second-order valence-electron chi connectivity index (χ2n) is 6.06. The van der Waals surface area contributed by atoms with E-state index in [0.29, 0.717) is 29.4 Å². The lowest BCUT2D eigenvalue weighted by molar-refractivity contribution is 0.0984. The van der Waals surface area contributed by atoms with E-state index in [4.69, 9.17) is 14.2 Å². The maximum absolute atomic E-state index is 13.4. The zero-order valence-electron chi connectivity index (χ0n) is 16.1. The van der Waals surface area contributed by atoms with Crippen LogP contribution in [0.5, 0.6) is 17.2 Å². The van der Waals surface area contributed by atoms with E-state index in [1.165, 1.54) is 0 Å². The molecule has 0 aliphatic heterocycles. The molecule has 1 aromatic heterocycles. The summed E-state index contributed by atoms with van der Waals surface area (Å²) in [6, 6.07) is 16.3. The van der Waals surface area contributed by atoms with Crippen LogP contribution in [-0.4, -0.2) is 32.2 Å². The van der Waals surface area contributed by atoms with E-state index in [2.05, 4.69) is 4.98 Å². The van der Waals surface area contributed by atoms with E-state index in [1.54, 1.807) is 56.8 Å². The molecular formula is C22H22N2O4. The number of carbonyl (C=O) groups is 1. The van der Waals surface area contributed by atoms with Crippen LogP contribution in [0.4, 0.5) is 5.69 Å². The number of ether oxygens (including phenoxy) is 3. The number of benzene rings is 2. The van der Waals surface area contributed by atoms with Crippen LogP contribution in [-0.2, 0) is 6.54 Å². The monoisotopic (exact) mass is 378 g/mol. The number of rotatable bonds is 7. The zero-order chi connectivity index (χ0) is 19.9. The first kappa shape index (κ1) is 19.2. The standard InChI is InChI=1S/C22H22N2O4/c1-26-19-8-4-7-18(12-19)24(15-16-6-5-9-23-14-16)22(25)17-10-20(27-2)13-21(11-17)28-3/h4-14H,15H2,1-3H3. The first-order valence-electron chi connectivity index (χ1n) is 8.72. The van der Waals surface area contributed by atoms with Crippen LogP contribution in [0.1, 0.15) is 15.9 Å². The first-order valence-corrected chi connectivity index (χ1v) is 8.72. The van der Waals surface area contributed by atoms with Crippen LogP contribution in [0.3, 0.4) is 0 Å². The number of nitrogens with zero attached hydrogens (tertiary/aromatic N) is 2. The lowest BCUT2D eigenvalue weighted by atomic mass is 10.1. The summed E-state index contributed by atoms with van der Waals surface area (Å²) in [6.45, 7) is 0.360. The molecule has 3 aromatic rings. The van der Waals surface area contributed by atoms with Gasteiger partial charge in [-0.25, -0.2) is 0 Å². The molecule has 0 saturated heterocycles. The summed E-state index contributed by atoms with van der Waals surface area (Å²) in [5.74, 6) is 1.59.